The average Bonchev–Trinajstić information content (AvgIpc) is 2.63. The van der Waals surface area contributed by atoms with Crippen molar-refractivity contribution in [3.63, 3.8) is 0 Å². The van der Waals surface area contributed by atoms with Crippen molar-refractivity contribution in [2.75, 3.05) is 31.6 Å². The third-order valence-corrected chi connectivity index (χ3v) is 7.24. The van der Waals surface area contributed by atoms with E-state index in [9.17, 15) is 21.6 Å². The van der Waals surface area contributed by atoms with Gasteiger partial charge in [-0.3, -0.25) is 0 Å². The van der Waals surface area contributed by atoms with Crippen molar-refractivity contribution in [1.29, 1.82) is 0 Å². The second kappa shape index (κ2) is 7.69. The normalized spacial score (nSPS) is 21.7. The van der Waals surface area contributed by atoms with Crippen LogP contribution in [0.2, 0.25) is 0 Å². The van der Waals surface area contributed by atoms with Gasteiger partial charge in [0.2, 0.25) is 10.0 Å². The zero-order valence-electron chi connectivity index (χ0n) is 14.2. The Bertz CT molecular complexity index is 696. The largest absolute Gasteiger partial charge is 0.417 e. The van der Waals surface area contributed by atoms with Crippen molar-refractivity contribution >= 4 is 15.8 Å². The van der Waals surface area contributed by atoms with E-state index in [1.165, 1.54) is 10.4 Å². The Hall–Kier alpha value is -1.39. The molecule has 1 N–H and O–H groups in total. The highest BCUT2D eigenvalue weighted by Gasteiger charge is 2.35. The predicted octanol–water partition coefficient (Wildman–Crippen LogP) is 2.49. The minimum Gasteiger partial charge on any atom is -0.381 e. The first-order valence-corrected chi connectivity index (χ1v) is 10.1. The lowest BCUT2D eigenvalue weighted by molar-refractivity contribution is -0.137. The van der Waals surface area contributed by atoms with Crippen LogP contribution < -0.4 is 5.32 Å². The molecule has 0 spiro atoms. The van der Waals surface area contributed by atoms with Gasteiger partial charge in [-0.25, -0.2) is 17.7 Å². The summed E-state index contributed by atoms with van der Waals surface area (Å²) < 4.78 is 69.8. The van der Waals surface area contributed by atoms with Crippen LogP contribution >= 0.6 is 0 Å². The van der Waals surface area contributed by atoms with E-state index in [-0.39, 0.29) is 11.3 Å². The molecular weight excluding hydrogens is 371 g/mol. The number of hydrogen-bond acceptors (Lipinski definition) is 5. The average molecular weight is 393 g/mol. The number of nitrogens with one attached hydrogen (secondary N) is 1. The Morgan fingerprint density at radius 1 is 1.12 bits per heavy atom. The van der Waals surface area contributed by atoms with E-state index < -0.39 is 21.8 Å². The molecule has 3 heterocycles. The van der Waals surface area contributed by atoms with E-state index in [0.717, 1.165) is 12.3 Å². The molecule has 0 radical (unpaired) electrons. The van der Waals surface area contributed by atoms with E-state index >= 15 is 0 Å². The minimum atomic E-state index is -4.41. The quantitative estimate of drug-likeness (QED) is 0.851. The molecule has 10 heteroatoms. The van der Waals surface area contributed by atoms with Gasteiger partial charge in [-0.2, -0.15) is 13.2 Å². The zero-order valence-corrected chi connectivity index (χ0v) is 15.0. The van der Waals surface area contributed by atoms with Gasteiger partial charge in [0.15, 0.2) is 0 Å². The molecule has 2 aliphatic rings. The summed E-state index contributed by atoms with van der Waals surface area (Å²) in [5.41, 5.74) is -0.791. The fraction of sp³-hybridized carbons (Fsp3) is 0.688. The van der Waals surface area contributed by atoms with Crippen LogP contribution in [-0.2, 0) is 20.9 Å². The van der Waals surface area contributed by atoms with Crippen LogP contribution in [0, 0.1) is 0 Å². The van der Waals surface area contributed by atoms with E-state index in [2.05, 4.69) is 10.3 Å². The molecule has 2 aliphatic heterocycles. The molecule has 0 aromatic carbocycles. The third-order valence-electron chi connectivity index (χ3n) is 4.85. The lowest BCUT2D eigenvalue weighted by Crippen LogP contribution is -2.47. The number of alkyl halides is 3. The van der Waals surface area contributed by atoms with Gasteiger partial charge < -0.3 is 10.1 Å². The summed E-state index contributed by atoms with van der Waals surface area (Å²) in [6.07, 6.45) is -1.38. The number of aromatic nitrogens is 1. The monoisotopic (exact) mass is 393 g/mol. The summed E-state index contributed by atoms with van der Waals surface area (Å²) >= 11 is 0. The van der Waals surface area contributed by atoms with Gasteiger partial charge in [-0.05, 0) is 37.8 Å². The van der Waals surface area contributed by atoms with E-state index in [1.807, 2.05) is 0 Å². The Balaban J connectivity index is 1.53. The van der Waals surface area contributed by atoms with Crippen LogP contribution in [0.25, 0.3) is 0 Å². The molecule has 1 aromatic heterocycles. The molecule has 3 rings (SSSR count). The van der Waals surface area contributed by atoms with Crippen molar-refractivity contribution in [2.24, 2.45) is 0 Å². The standard InChI is InChI=1S/C16H22F3N3O3S/c17-16(18,19)12-1-2-15(20-11-12)21-13-3-7-22(8-4-13)26(23,24)14-5-9-25-10-6-14/h1-2,11,13-14H,3-10H2,(H,20,21). The van der Waals surface area contributed by atoms with Crippen LogP contribution in [0.4, 0.5) is 19.0 Å². The molecular formula is C16H22F3N3O3S. The first-order chi connectivity index (χ1) is 12.3. The van der Waals surface area contributed by atoms with Gasteiger partial charge in [-0.1, -0.05) is 0 Å². The first kappa shape index (κ1) is 19.4. The molecule has 146 valence electrons. The highest BCUT2D eigenvalue weighted by atomic mass is 32.2. The fourth-order valence-corrected chi connectivity index (χ4v) is 5.22. The number of rotatable bonds is 4. The summed E-state index contributed by atoms with van der Waals surface area (Å²) in [7, 11) is -3.32. The maximum absolute atomic E-state index is 12.7. The molecule has 0 unspecified atom stereocenters. The van der Waals surface area contributed by atoms with Crippen molar-refractivity contribution in [1.82, 2.24) is 9.29 Å². The maximum Gasteiger partial charge on any atom is 0.417 e. The smallest absolute Gasteiger partial charge is 0.381 e. The van der Waals surface area contributed by atoms with Gasteiger partial charge in [0.25, 0.3) is 0 Å². The topological polar surface area (TPSA) is 71.5 Å². The minimum absolute atomic E-state index is 0.0135. The number of anilines is 1. The summed E-state index contributed by atoms with van der Waals surface area (Å²) in [6.45, 7) is 1.75. The summed E-state index contributed by atoms with van der Waals surface area (Å²) in [5.74, 6) is 0.365. The maximum atomic E-state index is 12.7. The van der Waals surface area contributed by atoms with Crippen molar-refractivity contribution in [3.8, 4) is 0 Å². The fourth-order valence-electron chi connectivity index (χ4n) is 3.30. The Morgan fingerprint density at radius 2 is 1.77 bits per heavy atom. The van der Waals surface area contributed by atoms with E-state index in [1.54, 1.807) is 0 Å². The Kier molecular flexibility index (Phi) is 5.73. The lowest BCUT2D eigenvalue weighted by atomic mass is 10.1. The number of hydrogen-bond donors (Lipinski definition) is 1. The first-order valence-electron chi connectivity index (χ1n) is 8.63. The van der Waals surface area contributed by atoms with Gasteiger partial charge in [0.1, 0.15) is 5.82 Å². The van der Waals surface area contributed by atoms with Crippen LogP contribution in [0.15, 0.2) is 18.3 Å². The van der Waals surface area contributed by atoms with Gasteiger partial charge in [-0.15, -0.1) is 0 Å². The number of ether oxygens (including phenoxy) is 1. The summed E-state index contributed by atoms with van der Waals surface area (Å²) in [6, 6.07) is 2.27. The Morgan fingerprint density at radius 3 is 2.31 bits per heavy atom. The van der Waals surface area contributed by atoms with Gasteiger partial charge >= 0.3 is 6.18 Å². The summed E-state index contributed by atoms with van der Waals surface area (Å²) in [4.78, 5) is 3.80. The highest BCUT2D eigenvalue weighted by molar-refractivity contribution is 7.89. The van der Waals surface area contributed by atoms with Crippen molar-refractivity contribution in [3.05, 3.63) is 23.9 Å². The van der Waals surface area contributed by atoms with Gasteiger partial charge in [0.05, 0.1) is 10.8 Å². The molecule has 2 saturated heterocycles. The van der Waals surface area contributed by atoms with Crippen LogP contribution in [0.1, 0.15) is 31.2 Å². The van der Waals surface area contributed by atoms with Crippen LogP contribution in [0.3, 0.4) is 0 Å². The predicted molar refractivity (Wildman–Crippen MR) is 90.2 cm³/mol. The highest BCUT2D eigenvalue weighted by Crippen LogP contribution is 2.29. The molecule has 0 saturated carbocycles. The number of pyridine rings is 1. The molecule has 0 aliphatic carbocycles. The van der Waals surface area contributed by atoms with Crippen LogP contribution in [-0.4, -0.2) is 55.3 Å². The number of halogens is 3. The molecule has 0 amide bonds. The van der Waals surface area contributed by atoms with Gasteiger partial charge in [0, 0.05) is 38.5 Å². The second-order valence-corrected chi connectivity index (χ2v) is 8.82. The number of sulfonamides is 1. The van der Waals surface area contributed by atoms with Crippen molar-refractivity contribution < 1.29 is 26.3 Å². The van der Waals surface area contributed by atoms with Crippen molar-refractivity contribution in [2.45, 2.75) is 43.2 Å². The summed E-state index contributed by atoms with van der Waals surface area (Å²) in [5, 5.41) is 2.71. The zero-order chi connectivity index (χ0) is 18.8. The molecule has 0 atom stereocenters. The SMILES string of the molecule is O=S(=O)(C1CCOCC1)N1CCC(Nc2ccc(C(F)(F)F)cn2)CC1. The molecule has 0 bridgehead atoms. The van der Waals surface area contributed by atoms with Crippen LogP contribution in [0.5, 0.6) is 0 Å². The van der Waals surface area contributed by atoms with E-state index in [0.29, 0.717) is 57.8 Å². The lowest BCUT2D eigenvalue weighted by Gasteiger charge is -2.35. The Labute approximate surface area is 150 Å². The molecule has 26 heavy (non-hydrogen) atoms. The third kappa shape index (κ3) is 4.47. The molecule has 2 fully saturated rings. The number of piperidine rings is 1. The number of nitrogens with zero attached hydrogens (tertiary/aromatic N) is 2. The molecule has 1 aromatic rings. The molecule has 6 nitrogen and oxygen atoms in total. The van der Waals surface area contributed by atoms with E-state index in [4.69, 9.17) is 4.74 Å². The second-order valence-electron chi connectivity index (χ2n) is 6.60.